The van der Waals surface area contributed by atoms with Gasteiger partial charge in [-0.3, -0.25) is 4.79 Å². The summed E-state index contributed by atoms with van der Waals surface area (Å²) in [5, 5.41) is 4.15. The van der Waals surface area contributed by atoms with E-state index in [4.69, 9.17) is 10.5 Å². The highest BCUT2D eigenvalue weighted by Gasteiger charge is 1.99. The summed E-state index contributed by atoms with van der Waals surface area (Å²) in [5.41, 5.74) is 7.39. The zero-order valence-electron chi connectivity index (χ0n) is 11.6. The van der Waals surface area contributed by atoms with E-state index in [-0.39, 0.29) is 5.56 Å². The van der Waals surface area contributed by atoms with Gasteiger partial charge in [-0.1, -0.05) is 12.1 Å². The van der Waals surface area contributed by atoms with Gasteiger partial charge in [-0.25, -0.2) is 4.68 Å². The smallest absolute Gasteiger partial charge is 0.266 e. The average molecular weight is 273 g/mol. The van der Waals surface area contributed by atoms with Crippen LogP contribution in [0.5, 0.6) is 5.75 Å². The molecule has 5 nitrogen and oxygen atoms in total. The van der Waals surface area contributed by atoms with E-state index < -0.39 is 0 Å². The molecule has 2 aromatic rings. The Kier molecular flexibility index (Phi) is 4.90. The maximum absolute atomic E-state index is 11.6. The van der Waals surface area contributed by atoms with Crippen molar-refractivity contribution in [1.29, 1.82) is 0 Å². The fourth-order valence-electron chi connectivity index (χ4n) is 1.88. The molecule has 106 valence electrons. The Hall–Kier alpha value is -2.14. The van der Waals surface area contributed by atoms with Gasteiger partial charge in [0.05, 0.1) is 12.2 Å². The first kappa shape index (κ1) is 14.3. The number of nitrogens with two attached hydrogens (primary N) is 1. The topological polar surface area (TPSA) is 70.1 Å². The molecule has 1 aromatic heterocycles. The predicted octanol–water partition coefficient (Wildman–Crippen LogP) is 1.13. The lowest BCUT2D eigenvalue weighted by molar-refractivity contribution is 0.287. The fraction of sp³-hybridized carbons (Fsp3) is 0.333. The predicted molar refractivity (Wildman–Crippen MR) is 77.9 cm³/mol. The third kappa shape index (κ3) is 3.93. The maximum atomic E-state index is 11.6. The molecule has 0 unspecified atom stereocenters. The molecule has 1 aromatic carbocycles. The van der Waals surface area contributed by atoms with Crippen LogP contribution in [0.25, 0.3) is 0 Å². The first-order chi connectivity index (χ1) is 9.69. The van der Waals surface area contributed by atoms with Crippen molar-refractivity contribution in [3.8, 4) is 5.75 Å². The normalized spacial score (nSPS) is 10.5. The zero-order chi connectivity index (χ0) is 14.4. The number of aromatic nitrogens is 2. The van der Waals surface area contributed by atoms with Crippen molar-refractivity contribution in [2.45, 2.75) is 19.9 Å². The van der Waals surface area contributed by atoms with Gasteiger partial charge in [0.25, 0.3) is 5.56 Å². The van der Waals surface area contributed by atoms with Crippen LogP contribution in [0, 0.1) is 6.92 Å². The van der Waals surface area contributed by atoms with E-state index in [1.54, 1.807) is 6.07 Å². The first-order valence-corrected chi connectivity index (χ1v) is 6.65. The lowest BCUT2D eigenvalue weighted by Crippen LogP contribution is -2.25. The number of ether oxygens (including phenoxy) is 1. The van der Waals surface area contributed by atoms with Gasteiger partial charge in [-0.2, -0.15) is 5.10 Å². The Balaban J connectivity index is 1.89. The molecule has 2 rings (SSSR count). The molecule has 0 atom stereocenters. The number of hydrogen-bond acceptors (Lipinski definition) is 4. The fourth-order valence-corrected chi connectivity index (χ4v) is 1.88. The SMILES string of the molecule is Cc1ccc(=O)n(CCOc2ccc(CCN)cc2)n1. The number of nitrogens with zero attached hydrogens (tertiary/aromatic N) is 2. The van der Waals surface area contributed by atoms with E-state index in [1.165, 1.54) is 16.3 Å². The minimum absolute atomic E-state index is 0.113. The summed E-state index contributed by atoms with van der Waals surface area (Å²) in [4.78, 5) is 11.6. The van der Waals surface area contributed by atoms with E-state index in [9.17, 15) is 4.79 Å². The van der Waals surface area contributed by atoms with Gasteiger partial charge in [0, 0.05) is 6.07 Å². The second kappa shape index (κ2) is 6.86. The molecular weight excluding hydrogens is 254 g/mol. The van der Waals surface area contributed by atoms with E-state index in [0.717, 1.165) is 17.9 Å². The Labute approximate surface area is 118 Å². The molecule has 1 heterocycles. The molecule has 0 radical (unpaired) electrons. The van der Waals surface area contributed by atoms with Crippen molar-refractivity contribution < 1.29 is 4.74 Å². The van der Waals surface area contributed by atoms with Gasteiger partial charge in [-0.15, -0.1) is 0 Å². The van der Waals surface area contributed by atoms with E-state index in [1.807, 2.05) is 31.2 Å². The van der Waals surface area contributed by atoms with Crippen LogP contribution in [-0.2, 0) is 13.0 Å². The van der Waals surface area contributed by atoms with Crippen LogP contribution in [0.2, 0.25) is 0 Å². The highest BCUT2D eigenvalue weighted by Crippen LogP contribution is 2.12. The molecule has 0 fully saturated rings. The lowest BCUT2D eigenvalue weighted by Gasteiger charge is -2.08. The van der Waals surface area contributed by atoms with Gasteiger partial charge in [0.15, 0.2) is 0 Å². The van der Waals surface area contributed by atoms with Gasteiger partial charge in [0.1, 0.15) is 12.4 Å². The van der Waals surface area contributed by atoms with Gasteiger partial charge in [-0.05, 0) is 43.7 Å². The summed E-state index contributed by atoms with van der Waals surface area (Å²) in [5.74, 6) is 0.784. The molecule has 0 aliphatic carbocycles. The van der Waals surface area contributed by atoms with E-state index in [2.05, 4.69) is 5.10 Å². The zero-order valence-corrected chi connectivity index (χ0v) is 11.6. The largest absolute Gasteiger partial charge is 0.492 e. The Morgan fingerprint density at radius 1 is 1.20 bits per heavy atom. The van der Waals surface area contributed by atoms with Crippen LogP contribution in [0.4, 0.5) is 0 Å². The van der Waals surface area contributed by atoms with E-state index in [0.29, 0.717) is 19.7 Å². The summed E-state index contributed by atoms with van der Waals surface area (Å²) in [7, 11) is 0. The van der Waals surface area contributed by atoms with E-state index >= 15 is 0 Å². The Bertz CT molecular complexity index is 605. The Morgan fingerprint density at radius 2 is 1.95 bits per heavy atom. The quantitative estimate of drug-likeness (QED) is 0.856. The number of hydrogen-bond donors (Lipinski definition) is 1. The van der Waals surface area contributed by atoms with Crippen molar-refractivity contribution in [3.63, 3.8) is 0 Å². The summed E-state index contributed by atoms with van der Waals surface area (Å²) in [6.45, 7) is 3.34. The second-order valence-corrected chi connectivity index (χ2v) is 4.57. The summed E-state index contributed by atoms with van der Waals surface area (Å²) in [6, 6.07) is 11.0. The molecule has 0 spiro atoms. The van der Waals surface area contributed by atoms with Gasteiger partial charge in [0.2, 0.25) is 0 Å². The highest BCUT2D eigenvalue weighted by molar-refractivity contribution is 5.27. The molecule has 0 amide bonds. The average Bonchev–Trinajstić information content (AvgIpc) is 2.45. The van der Waals surface area contributed by atoms with Crippen LogP contribution >= 0.6 is 0 Å². The molecule has 0 bridgehead atoms. The second-order valence-electron chi connectivity index (χ2n) is 4.57. The van der Waals surface area contributed by atoms with Crippen LogP contribution in [0.15, 0.2) is 41.2 Å². The lowest BCUT2D eigenvalue weighted by atomic mass is 10.1. The molecular formula is C15H19N3O2. The number of rotatable bonds is 6. The van der Waals surface area contributed by atoms with Gasteiger partial charge >= 0.3 is 0 Å². The van der Waals surface area contributed by atoms with Crippen LogP contribution < -0.4 is 16.0 Å². The number of aryl methyl sites for hydroxylation is 1. The molecule has 0 saturated carbocycles. The Morgan fingerprint density at radius 3 is 2.65 bits per heavy atom. The van der Waals surface area contributed by atoms with Crippen molar-refractivity contribution in [1.82, 2.24) is 9.78 Å². The monoisotopic (exact) mass is 273 g/mol. The third-order valence-electron chi connectivity index (χ3n) is 2.93. The standard InChI is InChI=1S/C15H19N3O2/c1-12-2-7-15(19)18(17-12)10-11-20-14-5-3-13(4-6-14)8-9-16/h2-7H,8-11,16H2,1H3. The van der Waals surface area contributed by atoms with Crippen molar-refractivity contribution >= 4 is 0 Å². The summed E-state index contributed by atoms with van der Waals surface area (Å²) >= 11 is 0. The molecule has 0 aliphatic rings. The van der Waals surface area contributed by atoms with Crippen molar-refractivity contribution in [3.05, 3.63) is 58.0 Å². The molecule has 20 heavy (non-hydrogen) atoms. The minimum Gasteiger partial charge on any atom is -0.492 e. The highest BCUT2D eigenvalue weighted by atomic mass is 16.5. The molecule has 2 N–H and O–H groups in total. The van der Waals surface area contributed by atoms with Crippen LogP contribution in [0.1, 0.15) is 11.3 Å². The van der Waals surface area contributed by atoms with Gasteiger partial charge < -0.3 is 10.5 Å². The molecule has 5 heteroatoms. The molecule has 0 saturated heterocycles. The molecule has 0 aliphatic heterocycles. The van der Waals surface area contributed by atoms with Crippen LogP contribution in [0.3, 0.4) is 0 Å². The van der Waals surface area contributed by atoms with Crippen molar-refractivity contribution in [2.24, 2.45) is 5.73 Å². The van der Waals surface area contributed by atoms with Crippen LogP contribution in [-0.4, -0.2) is 22.9 Å². The summed E-state index contributed by atoms with van der Waals surface area (Å²) < 4.78 is 7.02. The maximum Gasteiger partial charge on any atom is 0.266 e. The third-order valence-corrected chi connectivity index (χ3v) is 2.93. The van der Waals surface area contributed by atoms with Crippen molar-refractivity contribution in [2.75, 3.05) is 13.2 Å². The number of benzene rings is 1. The summed E-state index contributed by atoms with van der Waals surface area (Å²) in [6.07, 6.45) is 0.864. The first-order valence-electron chi connectivity index (χ1n) is 6.65. The minimum atomic E-state index is -0.113.